The Bertz CT molecular complexity index is 619. The van der Waals surface area contributed by atoms with Gasteiger partial charge in [-0.3, -0.25) is 4.79 Å². The van der Waals surface area contributed by atoms with Gasteiger partial charge in [0.1, 0.15) is 0 Å². The van der Waals surface area contributed by atoms with Gasteiger partial charge in [0, 0.05) is 18.9 Å². The van der Waals surface area contributed by atoms with E-state index in [1.807, 2.05) is 0 Å². The number of piperidine rings is 1. The number of nitrogens with zero attached hydrogens (tertiary/aromatic N) is 1. The first kappa shape index (κ1) is 17.7. The standard InChI is InChI=1S/C22H28N2O/c1-19(25)23-15-8-16-24-17-13-22(14-18-24,20-9-4-2-5-10-20)21-11-6-3-7-12-21/h2-7,9-12H,8,13-18H2,1H3,(H,23,25). The van der Waals surface area contributed by atoms with E-state index >= 15 is 0 Å². The van der Waals surface area contributed by atoms with Gasteiger partial charge in [-0.15, -0.1) is 0 Å². The topological polar surface area (TPSA) is 32.3 Å². The zero-order chi connectivity index (χ0) is 17.5. The molecule has 1 aliphatic rings. The van der Waals surface area contributed by atoms with Crippen molar-refractivity contribution in [2.45, 2.75) is 31.6 Å². The predicted molar refractivity (Wildman–Crippen MR) is 103 cm³/mol. The molecule has 0 atom stereocenters. The fraction of sp³-hybridized carbons (Fsp3) is 0.409. The van der Waals surface area contributed by atoms with Crippen molar-refractivity contribution in [3.8, 4) is 0 Å². The summed E-state index contributed by atoms with van der Waals surface area (Å²) in [6.07, 6.45) is 3.30. The molecule has 2 aromatic carbocycles. The van der Waals surface area contributed by atoms with Gasteiger partial charge in [0.05, 0.1) is 0 Å². The van der Waals surface area contributed by atoms with Gasteiger partial charge in [-0.1, -0.05) is 60.7 Å². The molecule has 1 fully saturated rings. The van der Waals surface area contributed by atoms with E-state index in [-0.39, 0.29) is 11.3 Å². The van der Waals surface area contributed by atoms with Crippen LogP contribution in [0.1, 0.15) is 37.3 Å². The Hall–Kier alpha value is -2.13. The van der Waals surface area contributed by atoms with E-state index in [0.717, 1.165) is 45.4 Å². The summed E-state index contributed by atoms with van der Waals surface area (Å²) < 4.78 is 0. The van der Waals surface area contributed by atoms with E-state index in [4.69, 9.17) is 0 Å². The lowest BCUT2D eigenvalue weighted by Crippen LogP contribution is -2.44. The summed E-state index contributed by atoms with van der Waals surface area (Å²) in [7, 11) is 0. The quantitative estimate of drug-likeness (QED) is 0.818. The van der Waals surface area contributed by atoms with Gasteiger partial charge in [0.2, 0.25) is 5.91 Å². The maximum atomic E-state index is 11.0. The second kappa shape index (κ2) is 8.30. The van der Waals surface area contributed by atoms with Crippen molar-refractivity contribution >= 4 is 5.91 Å². The molecule has 0 spiro atoms. The second-order valence-corrected chi connectivity index (χ2v) is 6.99. The number of likely N-dealkylation sites (tertiary alicyclic amines) is 1. The first-order valence-electron chi connectivity index (χ1n) is 9.28. The van der Waals surface area contributed by atoms with Crippen LogP contribution in [0.2, 0.25) is 0 Å². The van der Waals surface area contributed by atoms with Gasteiger partial charge in [-0.25, -0.2) is 0 Å². The van der Waals surface area contributed by atoms with Crippen LogP contribution in [0.5, 0.6) is 0 Å². The Morgan fingerprint density at radius 2 is 1.48 bits per heavy atom. The largest absolute Gasteiger partial charge is 0.356 e. The van der Waals surface area contributed by atoms with E-state index in [0.29, 0.717) is 0 Å². The van der Waals surface area contributed by atoms with E-state index in [9.17, 15) is 4.79 Å². The summed E-state index contributed by atoms with van der Waals surface area (Å²) in [6, 6.07) is 21.9. The van der Waals surface area contributed by atoms with Crippen LogP contribution in [0.25, 0.3) is 0 Å². The van der Waals surface area contributed by atoms with Crippen LogP contribution >= 0.6 is 0 Å². The Morgan fingerprint density at radius 1 is 0.960 bits per heavy atom. The monoisotopic (exact) mass is 336 g/mol. The summed E-state index contributed by atoms with van der Waals surface area (Å²) in [5.74, 6) is 0.0609. The molecule has 132 valence electrons. The van der Waals surface area contributed by atoms with Crippen molar-refractivity contribution in [2.75, 3.05) is 26.2 Å². The fourth-order valence-corrected chi connectivity index (χ4v) is 3.98. The third kappa shape index (κ3) is 4.29. The molecule has 1 saturated heterocycles. The average Bonchev–Trinajstić information content (AvgIpc) is 2.67. The van der Waals surface area contributed by atoms with Crippen molar-refractivity contribution in [1.29, 1.82) is 0 Å². The SMILES string of the molecule is CC(=O)NCCCN1CCC(c2ccccc2)(c2ccccc2)CC1. The summed E-state index contributed by atoms with van der Waals surface area (Å²) in [4.78, 5) is 13.5. The normalized spacial score (nSPS) is 17.2. The highest BCUT2D eigenvalue weighted by molar-refractivity contribution is 5.72. The number of carbonyl (C=O) groups excluding carboxylic acids is 1. The molecular weight excluding hydrogens is 308 g/mol. The number of hydrogen-bond donors (Lipinski definition) is 1. The van der Waals surface area contributed by atoms with Crippen LogP contribution in [0.3, 0.4) is 0 Å². The van der Waals surface area contributed by atoms with E-state index < -0.39 is 0 Å². The second-order valence-electron chi connectivity index (χ2n) is 6.99. The van der Waals surface area contributed by atoms with Crippen molar-refractivity contribution in [2.24, 2.45) is 0 Å². The molecular formula is C22H28N2O. The lowest BCUT2D eigenvalue weighted by atomic mass is 9.68. The van der Waals surface area contributed by atoms with Crippen LogP contribution < -0.4 is 5.32 Å². The van der Waals surface area contributed by atoms with E-state index in [1.54, 1.807) is 6.92 Å². The molecule has 3 heteroatoms. The number of benzene rings is 2. The first-order chi connectivity index (χ1) is 12.2. The van der Waals surface area contributed by atoms with Crippen molar-refractivity contribution in [3.63, 3.8) is 0 Å². The molecule has 1 aliphatic heterocycles. The molecule has 1 amide bonds. The van der Waals surface area contributed by atoms with Crippen molar-refractivity contribution < 1.29 is 4.79 Å². The van der Waals surface area contributed by atoms with Gasteiger partial charge in [-0.2, -0.15) is 0 Å². The number of carbonyl (C=O) groups is 1. The molecule has 1 N–H and O–H groups in total. The molecule has 25 heavy (non-hydrogen) atoms. The molecule has 3 rings (SSSR count). The highest BCUT2D eigenvalue weighted by Crippen LogP contribution is 2.41. The molecule has 0 unspecified atom stereocenters. The van der Waals surface area contributed by atoms with Crippen LogP contribution in [0.15, 0.2) is 60.7 Å². The Balaban J connectivity index is 1.69. The minimum absolute atomic E-state index is 0.0609. The van der Waals surface area contributed by atoms with Gasteiger partial charge < -0.3 is 10.2 Å². The van der Waals surface area contributed by atoms with Crippen LogP contribution in [-0.2, 0) is 10.2 Å². The highest BCUT2D eigenvalue weighted by Gasteiger charge is 2.37. The lowest BCUT2D eigenvalue weighted by Gasteiger charge is -2.43. The number of amides is 1. The molecule has 0 bridgehead atoms. The zero-order valence-corrected chi connectivity index (χ0v) is 15.1. The molecule has 3 nitrogen and oxygen atoms in total. The van der Waals surface area contributed by atoms with E-state index in [2.05, 4.69) is 70.9 Å². The minimum atomic E-state index is 0.0609. The summed E-state index contributed by atoms with van der Waals surface area (Å²) in [5.41, 5.74) is 2.98. The molecule has 1 heterocycles. The molecule has 2 aromatic rings. The number of nitrogens with one attached hydrogen (secondary N) is 1. The van der Waals surface area contributed by atoms with Gasteiger partial charge in [0.25, 0.3) is 0 Å². The third-order valence-electron chi connectivity index (χ3n) is 5.39. The maximum absolute atomic E-state index is 11.0. The number of rotatable bonds is 6. The van der Waals surface area contributed by atoms with Gasteiger partial charge in [0.15, 0.2) is 0 Å². The molecule has 0 aromatic heterocycles. The lowest BCUT2D eigenvalue weighted by molar-refractivity contribution is -0.118. The summed E-state index contributed by atoms with van der Waals surface area (Å²) >= 11 is 0. The van der Waals surface area contributed by atoms with Crippen LogP contribution in [0.4, 0.5) is 0 Å². The van der Waals surface area contributed by atoms with Crippen molar-refractivity contribution in [3.05, 3.63) is 71.8 Å². The van der Waals surface area contributed by atoms with E-state index in [1.165, 1.54) is 11.1 Å². The summed E-state index contributed by atoms with van der Waals surface area (Å²) in [5, 5.41) is 2.89. The van der Waals surface area contributed by atoms with Crippen LogP contribution in [0, 0.1) is 0 Å². The van der Waals surface area contributed by atoms with Gasteiger partial charge in [-0.05, 0) is 50.0 Å². The Labute approximate surface area is 151 Å². The Morgan fingerprint density at radius 3 is 1.96 bits per heavy atom. The number of hydrogen-bond acceptors (Lipinski definition) is 2. The van der Waals surface area contributed by atoms with Gasteiger partial charge >= 0.3 is 0 Å². The zero-order valence-electron chi connectivity index (χ0n) is 15.1. The smallest absolute Gasteiger partial charge is 0.216 e. The Kier molecular flexibility index (Phi) is 5.87. The maximum Gasteiger partial charge on any atom is 0.216 e. The predicted octanol–water partition coefficient (Wildman–Crippen LogP) is 3.59. The molecule has 0 aliphatic carbocycles. The summed E-state index contributed by atoms with van der Waals surface area (Å²) in [6.45, 7) is 5.61. The third-order valence-corrected chi connectivity index (χ3v) is 5.39. The first-order valence-corrected chi connectivity index (χ1v) is 9.28. The molecule has 0 saturated carbocycles. The average molecular weight is 336 g/mol. The fourth-order valence-electron chi connectivity index (χ4n) is 3.98. The minimum Gasteiger partial charge on any atom is -0.356 e. The van der Waals surface area contributed by atoms with Crippen LogP contribution in [-0.4, -0.2) is 37.0 Å². The molecule has 0 radical (unpaired) electrons. The van der Waals surface area contributed by atoms with Crippen molar-refractivity contribution in [1.82, 2.24) is 10.2 Å². The highest BCUT2D eigenvalue weighted by atomic mass is 16.1.